The third-order valence-corrected chi connectivity index (χ3v) is 3.76. The summed E-state index contributed by atoms with van der Waals surface area (Å²) in [7, 11) is 0. The lowest BCUT2D eigenvalue weighted by atomic mass is 9.75. The first-order valence-electron chi connectivity index (χ1n) is 6.64. The number of unbranched alkanes of at least 4 members (excludes halogenated alkanes) is 1. The van der Waals surface area contributed by atoms with Gasteiger partial charge in [0.05, 0.1) is 0 Å². The van der Waals surface area contributed by atoms with Gasteiger partial charge in [0.25, 0.3) is 0 Å². The van der Waals surface area contributed by atoms with E-state index in [1.54, 1.807) is 12.1 Å². The van der Waals surface area contributed by atoms with Crippen LogP contribution >= 0.6 is 0 Å². The van der Waals surface area contributed by atoms with Gasteiger partial charge in [0.1, 0.15) is 5.75 Å². The molecule has 0 fully saturated rings. The molecule has 0 aliphatic carbocycles. The predicted molar refractivity (Wildman–Crippen MR) is 73.1 cm³/mol. The van der Waals surface area contributed by atoms with Crippen molar-refractivity contribution < 1.29 is 5.11 Å². The fourth-order valence-electron chi connectivity index (χ4n) is 2.31. The molecule has 1 rings (SSSR count). The summed E-state index contributed by atoms with van der Waals surface area (Å²) < 4.78 is 0. The highest BCUT2D eigenvalue weighted by Gasteiger charge is 2.26. The molecule has 0 aliphatic heterocycles. The van der Waals surface area contributed by atoms with Crippen LogP contribution in [0.15, 0.2) is 24.3 Å². The Morgan fingerprint density at radius 3 is 2.29 bits per heavy atom. The van der Waals surface area contributed by atoms with E-state index in [9.17, 15) is 5.11 Å². The van der Waals surface area contributed by atoms with E-state index in [1.807, 2.05) is 12.1 Å². The van der Waals surface area contributed by atoms with Gasteiger partial charge >= 0.3 is 0 Å². The van der Waals surface area contributed by atoms with E-state index < -0.39 is 0 Å². The van der Waals surface area contributed by atoms with Crippen molar-refractivity contribution in [1.29, 1.82) is 0 Å². The monoisotopic (exact) mass is 235 g/mol. The highest BCUT2D eigenvalue weighted by Crippen LogP contribution is 2.32. The Morgan fingerprint density at radius 2 is 1.82 bits per heavy atom. The second-order valence-corrected chi connectivity index (χ2v) is 5.00. The van der Waals surface area contributed by atoms with Gasteiger partial charge in [0, 0.05) is 0 Å². The van der Waals surface area contributed by atoms with Crippen molar-refractivity contribution in [2.75, 3.05) is 6.54 Å². The standard InChI is InChI=1S/C15H25NO/c1-3-5-10-15(4-2,12-16)11-13-6-8-14(17)9-7-13/h6-9,17H,3-5,10-12,16H2,1-2H3. The Labute approximate surface area is 105 Å². The van der Waals surface area contributed by atoms with Crippen LogP contribution in [-0.2, 0) is 6.42 Å². The quantitative estimate of drug-likeness (QED) is 0.760. The molecule has 0 aliphatic rings. The summed E-state index contributed by atoms with van der Waals surface area (Å²) in [4.78, 5) is 0. The number of rotatable bonds is 7. The van der Waals surface area contributed by atoms with E-state index in [0.29, 0.717) is 5.75 Å². The molecule has 1 unspecified atom stereocenters. The maximum atomic E-state index is 9.29. The third kappa shape index (κ3) is 4.04. The minimum Gasteiger partial charge on any atom is -0.508 e. The van der Waals surface area contributed by atoms with Crippen LogP contribution in [0.3, 0.4) is 0 Å². The van der Waals surface area contributed by atoms with Crippen LogP contribution in [0.5, 0.6) is 5.75 Å². The number of hydrogen-bond donors (Lipinski definition) is 2. The van der Waals surface area contributed by atoms with Crippen LogP contribution < -0.4 is 5.73 Å². The number of phenols is 1. The molecule has 96 valence electrons. The number of nitrogens with two attached hydrogens (primary N) is 1. The fourth-order valence-corrected chi connectivity index (χ4v) is 2.31. The number of benzene rings is 1. The molecule has 0 saturated heterocycles. The first-order chi connectivity index (χ1) is 8.15. The van der Waals surface area contributed by atoms with Crippen molar-refractivity contribution in [3.8, 4) is 5.75 Å². The van der Waals surface area contributed by atoms with E-state index in [2.05, 4.69) is 13.8 Å². The highest BCUT2D eigenvalue weighted by atomic mass is 16.3. The highest BCUT2D eigenvalue weighted by molar-refractivity contribution is 5.26. The summed E-state index contributed by atoms with van der Waals surface area (Å²) in [6.07, 6.45) is 5.78. The smallest absolute Gasteiger partial charge is 0.115 e. The first kappa shape index (κ1) is 14.0. The first-order valence-corrected chi connectivity index (χ1v) is 6.64. The van der Waals surface area contributed by atoms with Crippen molar-refractivity contribution in [2.24, 2.45) is 11.1 Å². The summed E-state index contributed by atoms with van der Waals surface area (Å²) in [6, 6.07) is 7.51. The molecule has 0 amide bonds. The summed E-state index contributed by atoms with van der Waals surface area (Å²) >= 11 is 0. The molecule has 0 heterocycles. The van der Waals surface area contributed by atoms with Gasteiger partial charge < -0.3 is 10.8 Å². The van der Waals surface area contributed by atoms with E-state index >= 15 is 0 Å². The SMILES string of the molecule is CCCCC(CC)(CN)Cc1ccc(O)cc1. The normalized spacial score (nSPS) is 14.5. The van der Waals surface area contributed by atoms with Gasteiger partial charge in [-0.2, -0.15) is 0 Å². The Kier molecular flexibility index (Phi) is 5.49. The molecule has 0 bridgehead atoms. The van der Waals surface area contributed by atoms with Crippen molar-refractivity contribution >= 4 is 0 Å². The molecule has 17 heavy (non-hydrogen) atoms. The Balaban J connectivity index is 2.74. The van der Waals surface area contributed by atoms with Crippen molar-refractivity contribution in [3.05, 3.63) is 29.8 Å². The summed E-state index contributed by atoms with van der Waals surface area (Å²) in [5, 5.41) is 9.29. The molecule has 2 nitrogen and oxygen atoms in total. The molecular weight excluding hydrogens is 210 g/mol. The lowest BCUT2D eigenvalue weighted by Crippen LogP contribution is -2.32. The Morgan fingerprint density at radius 1 is 1.18 bits per heavy atom. The number of phenolic OH excluding ortho intramolecular Hbond substituents is 1. The van der Waals surface area contributed by atoms with E-state index in [0.717, 1.165) is 19.4 Å². The maximum Gasteiger partial charge on any atom is 0.115 e. The van der Waals surface area contributed by atoms with Gasteiger partial charge in [-0.05, 0) is 48.9 Å². The topological polar surface area (TPSA) is 46.2 Å². The maximum absolute atomic E-state index is 9.29. The molecule has 0 saturated carbocycles. The summed E-state index contributed by atoms with van der Waals surface area (Å²) in [5.41, 5.74) is 7.49. The van der Waals surface area contributed by atoms with Gasteiger partial charge in [-0.15, -0.1) is 0 Å². The second kappa shape index (κ2) is 6.65. The molecule has 1 aromatic carbocycles. The Hall–Kier alpha value is -1.02. The van der Waals surface area contributed by atoms with E-state index in [4.69, 9.17) is 5.73 Å². The molecule has 2 heteroatoms. The summed E-state index contributed by atoms with van der Waals surface area (Å²) in [5.74, 6) is 0.331. The van der Waals surface area contributed by atoms with Crippen LogP contribution in [0.1, 0.15) is 45.1 Å². The third-order valence-electron chi connectivity index (χ3n) is 3.76. The molecule has 1 aromatic rings. The van der Waals surface area contributed by atoms with Crippen molar-refractivity contribution in [1.82, 2.24) is 0 Å². The van der Waals surface area contributed by atoms with E-state index in [1.165, 1.54) is 24.8 Å². The van der Waals surface area contributed by atoms with E-state index in [-0.39, 0.29) is 5.41 Å². The molecular formula is C15H25NO. The van der Waals surface area contributed by atoms with Gasteiger partial charge in [-0.3, -0.25) is 0 Å². The minimum atomic E-state index is 0.229. The van der Waals surface area contributed by atoms with Gasteiger partial charge in [0.2, 0.25) is 0 Å². The van der Waals surface area contributed by atoms with Gasteiger partial charge in [-0.25, -0.2) is 0 Å². The minimum absolute atomic E-state index is 0.229. The average molecular weight is 235 g/mol. The fraction of sp³-hybridized carbons (Fsp3) is 0.600. The predicted octanol–water partition coefficient (Wildman–Crippen LogP) is 3.48. The van der Waals surface area contributed by atoms with Crippen molar-refractivity contribution in [2.45, 2.75) is 46.0 Å². The molecule has 3 N–H and O–H groups in total. The zero-order valence-electron chi connectivity index (χ0n) is 11.1. The lowest BCUT2D eigenvalue weighted by Gasteiger charge is -2.31. The lowest BCUT2D eigenvalue weighted by molar-refractivity contribution is 0.251. The van der Waals surface area contributed by atoms with Gasteiger partial charge in [0.15, 0.2) is 0 Å². The number of hydrogen-bond acceptors (Lipinski definition) is 2. The summed E-state index contributed by atoms with van der Waals surface area (Å²) in [6.45, 7) is 5.19. The molecule has 1 atom stereocenters. The zero-order chi connectivity index (χ0) is 12.7. The largest absolute Gasteiger partial charge is 0.508 e. The molecule has 0 aromatic heterocycles. The van der Waals surface area contributed by atoms with Crippen molar-refractivity contribution in [3.63, 3.8) is 0 Å². The van der Waals surface area contributed by atoms with Crippen LogP contribution in [0.2, 0.25) is 0 Å². The second-order valence-electron chi connectivity index (χ2n) is 5.00. The molecule has 0 spiro atoms. The zero-order valence-corrected chi connectivity index (χ0v) is 11.1. The Bertz CT molecular complexity index is 314. The van der Waals surface area contributed by atoms with Crippen LogP contribution in [0.25, 0.3) is 0 Å². The van der Waals surface area contributed by atoms with Crippen LogP contribution in [0, 0.1) is 5.41 Å². The van der Waals surface area contributed by atoms with Gasteiger partial charge in [-0.1, -0.05) is 38.8 Å². The van der Waals surface area contributed by atoms with Crippen LogP contribution in [-0.4, -0.2) is 11.7 Å². The molecule has 0 radical (unpaired) electrons. The number of aromatic hydroxyl groups is 1. The average Bonchev–Trinajstić information content (AvgIpc) is 2.37. The van der Waals surface area contributed by atoms with Crippen LogP contribution in [0.4, 0.5) is 0 Å².